The van der Waals surface area contributed by atoms with Crippen LogP contribution in [0.3, 0.4) is 0 Å². The molecule has 3 rings (SSSR count). The quantitative estimate of drug-likeness (QED) is 0.537. The molecule has 0 unspecified atom stereocenters. The van der Waals surface area contributed by atoms with E-state index in [-0.39, 0.29) is 30.3 Å². The fourth-order valence-electron chi connectivity index (χ4n) is 4.28. The number of ketones is 2. The molecule has 5 nitrogen and oxygen atoms in total. The molecule has 1 saturated heterocycles. The van der Waals surface area contributed by atoms with Gasteiger partial charge in [0, 0.05) is 42.6 Å². The summed E-state index contributed by atoms with van der Waals surface area (Å²) in [6.45, 7) is 4.62. The first-order chi connectivity index (χ1) is 15.5. The number of carbonyl (C=O) groups excluding carboxylic acids is 3. The van der Waals surface area contributed by atoms with Gasteiger partial charge in [-0.2, -0.15) is 0 Å². The number of hydrogen-bond donors (Lipinski definition) is 0. The van der Waals surface area contributed by atoms with Crippen molar-refractivity contribution in [2.45, 2.75) is 45.4 Å². The predicted molar refractivity (Wildman–Crippen MR) is 124 cm³/mol. The van der Waals surface area contributed by atoms with Gasteiger partial charge < -0.3 is 9.64 Å². The maximum absolute atomic E-state index is 13.2. The third-order valence-electron chi connectivity index (χ3n) is 5.78. The zero-order valence-corrected chi connectivity index (χ0v) is 18.9. The van der Waals surface area contributed by atoms with Crippen molar-refractivity contribution in [3.63, 3.8) is 0 Å². The second-order valence-electron chi connectivity index (χ2n) is 8.02. The Balaban J connectivity index is 1.84. The van der Waals surface area contributed by atoms with E-state index in [2.05, 4.69) is 11.8 Å². The molecule has 0 saturated carbocycles. The van der Waals surface area contributed by atoms with Crippen LogP contribution in [0.5, 0.6) is 5.75 Å². The number of hydrogen-bond acceptors (Lipinski definition) is 4. The molecule has 0 N–H and O–H groups in total. The minimum Gasteiger partial charge on any atom is -0.496 e. The molecule has 0 bridgehead atoms. The average molecular weight is 432 g/mol. The minimum absolute atomic E-state index is 0.0623. The summed E-state index contributed by atoms with van der Waals surface area (Å²) in [7, 11) is 1.55. The Hall–Kier alpha value is -3.39. The van der Waals surface area contributed by atoms with Crippen LogP contribution < -0.4 is 4.74 Å². The van der Waals surface area contributed by atoms with Crippen molar-refractivity contribution in [3.8, 4) is 17.6 Å². The Morgan fingerprint density at radius 1 is 1.03 bits per heavy atom. The summed E-state index contributed by atoms with van der Waals surface area (Å²) in [4.78, 5) is 41.0. The van der Waals surface area contributed by atoms with Crippen molar-refractivity contribution in [1.29, 1.82) is 0 Å². The van der Waals surface area contributed by atoms with E-state index >= 15 is 0 Å². The lowest BCUT2D eigenvalue weighted by molar-refractivity contribution is -0.129. The van der Waals surface area contributed by atoms with E-state index in [0.29, 0.717) is 42.8 Å². The monoisotopic (exact) mass is 431 g/mol. The number of benzene rings is 2. The van der Waals surface area contributed by atoms with Gasteiger partial charge in [0.15, 0.2) is 0 Å². The third-order valence-corrected chi connectivity index (χ3v) is 5.78. The average Bonchev–Trinajstić information content (AvgIpc) is 2.79. The van der Waals surface area contributed by atoms with Crippen LogP contribution in [0.4, 0.5) is 0 Å². The van der Waals surface area contributed by atoms with Gasteiger partial charge in [-0.3, -0.25) is 14.4 Å². The Morgan fingerprint density at radius 2 is 1.66 bits per heavy atom. The number of aryl methyl sites for hydroxylation is 1. The van der Waals surface area contributed by atoms with Crippen LogP contribution in [0.2, 0.25) is 0 Å². The summed E-state index contributed by atoms with van der Waals surface area (Å²) < 4.78 is 5.56. The van der Waals surface area contributed by atoms with E-state index in [4.69, 9.17) is 4.74 Å². The first-order valence-electron chi connectivity index (χ1n) is 11.0. The van der Waals surface area contributed by atoms with Gasteiger partial charge in [0.05, 0.1) is 7.11 Å². The summed E-state index contributed by atoms with van der Waals surface area (Å²) in [6, 6.07) is 12.8. The molecular formula is C27H29NO4. The smallest absolute Gasteiger partial charge is 0.253 e. The molecule has 0 aromatic heterocycles. The number of carbonyl (C=O) groups is 3. The van der Waals surface area contributed by atoms with E-state index in [1.165, 1.54) is 0 Å². The second-order valence-corrected chi connectivity index (χ2v) is 8.02. The molecule has 166 valence electrons. The van der Waals surface area contributed by atoms with Gasteiger partial charge in [0.25, 0.3) is 5.91 Å². The van der Waals surface area contributed by atoms with Crippen LogP contribution in [-0.2, 0) is 9.59 Å². The van der Waals surface area contributed by atoms with E-state index in [9.17, 15) is 14.4 Å². The van der Waals surface area contributed by atoms with Gasteiger partial charge in [-0.05, 0) is 56.5 Å². The van der Waals surface area contributed by atoms with Crippen LogP contribution in [0.15, 0.2) is 42.5 Å². The highest BCUT2D eigenvalue weighted by Crippen LogP contribution is 2.35. The molecule has 32 heavy (non-hydrogen) atoms. The molecule has 1 amide bonds. The van der Waals surface area contributed by atoms with Gasteiger partial charge in [-0.1, -0.05) is 24.1 Å². The molecule has 0 radical (unpaired) electrons. The van der Waals surface area contributed by atoms with Crippen molar-refractivity contribution < 1.29 is 19.1 Å². The maximum Gasteiger partial charge on any atom is 0.253 e. The topological polar surface area (TPSA) is 63.7 Å². The largest absolute Gasteiger partial charge is 0.496 e. The van der Waals surface area contributed by atoms with Gasteiger partial charge in [0.2, 0.25) is 0 Å². The minimum atomic E-state index is -0.843. The standard InChI is InChI=1S/C27H29NO4/c1-4-10-20-17-19(2)25(24(18-20)32-3)26-22(29)13-8-15-28(16-9-14-23(26)30)27(31)21-11-6-5-7-12-21/h5-7,11-12,17-18,26H,8-9,13-16H2,1-3H3. The van der Waals surface area contributed by atoms with Crippen LogP contribution in [-0.4, -0.2) is 42.6 Å². The summed E-state index contributed by atoms with van der Waals surface area (Å²) in [6.07, 6.45) is 1.49. The lowest BCUT2D eigenvalue weighted by Gasteiger charge is -2.26. The number of ether oxygens (including phenoxy) is 1. The molecule has 1 aliphatic heterocycles. The summed E-state index contributed by atoms with van der Waals surface area (Å²) in [5, 5.41) is 0. The highest BCUT2D eigenvalue weighted by atomic mass is 16.5. The van der Waals surface area contributed by atoms with Crippen LogP contribution in [0.1, 0.15) is 65.6 Å². The highest BCUT2D eigenvalue weighted by Gasteiger charge is 2.32. The molecule has 2 aromatic carbocycles. The molecule has 2 aromatic rings. The zero-order valence-electron chi connectivity index (χ0n) is 18.9. The Kier molecular flexibility index (Phi) is 7.83. The molecule has 0 aliphatic carbocycles. The van der Waals surface area contributed by atoms with Gasteiger partial charge >= 0.3 is 0 Å². The van der Waals surface area contributed by atoms with Crippen LogP contribution in [0, 0.1) is 18.8 Å². The molecule has 0 spiro atoms. The normalized spacial score (nSPS) is 15.7. The number of methoxy groups -OCH3 is 1. The van der Waals surface area contributed by atoms with Crippen molar-refractivity contribution in [3.05, 3.63) is 64.7 Å². The molecule has 1 fully saturated rings. The first-order valence-corrected chi connectivity index (χ1v) is 11.0. The maximum atomic E-state index is 13.2. The van der Waals surface area contributed by atoms with Crippen LogP contribution >= 0.6 is 0 Å². The van der Waals surface area contributed by atoms with Crippen LogP contribution in [0.25, 0.3) is 0 Å². The number of nitrogens with zero attached hydrogens (tertiary/aromatic N) is 1. The van der Waals surface area contributed by atoms with E-state index in [0.717, 1.165) is 11.1 Å². The lowest BCUT2D eigenvalue weighted by Crippen LogP contribution is -2.35. The second kappa shape index (κ2) is 10.8. The van der Waals surface area contributed by atoms with Gasteiger partial charge in [-0.25, -0.2) is 0 Å². The van der Waals surface area contributed by atoms with Crippen molar-refractivity contribution in [2.24, 2.45) is 0 Å². The lowest BCUT2D eigenvalue weighted by atomic mass is 9.82. The third kappa shape index (κ3) is 5.26. The fraction of sp³-hybridized carbons (Fsp3) is 0.370. The molecule has 5 heteroatoms. The predicted octanol–water partition coefficient (Wildman–Crippen LogP) is 4.31. The van der Waals surface area contributed by atoms with Gasteiger partial charge in [0.1, 0.15) is 23.2 Å². The Bertz CT molecular complexity index is 1040. The summed E-state index contributed by atoms with van der Waals surface area (Å²) >= 11 is 0. The van der Waals surface area contributed by atoms with Crippen molar-refractivity contribution in [1.82, 2.24) is 4.90 Å². The highest BCUT2D eigenvalue weighted by molar-refractivity contribution is 6.08. The SMILES string of the molecule is CC#Cc1cc(C)c(C2C(=O)CCCN(C(=O)c3ccccc3)CCCC2=O)c(OC)c1. The van der Waals surface area contributed by atoms with E-state index in [1.54, 1.807) is 37.1 Å². The summed E-state index contributed by atoms with van der Waals surface area (Å²) in [5.41, 5.74) is 2.88. The number of rotatable bonds is 3. The number of amides is 1. The zero-order chi connectivity index (χ0) is 23.1. The summed E-state index contributed by atoms with van der Waals surface area (Å²) in [5.74, 6) is 5.24. The molecule has 1 aliphatic rings. The van der Waals surface area contributed by atoms with Gasteiger partial charge in [-0.15, -0.1) is 5.92 Å². The molecule has 0 atom stereocenters. The Morgan fingerprint density at radius 3 is 2.22 bits per heavy atom. The van der Waals surface area contributed by atoms with Crippen molar-refractivity contribution >= 4 is 17.5 Å². The van der Waals surface area contributed by atoms with E-state index in [1.807, 2.05) is 31.2 Å². The number of Topliss-reactive ketones (excluding diaryl/α,β-unsaturated/α-hetero) is 2. The van der Waals surface area contributed by atoms with Crippen molar-refractivity contribution in [2.75, 3.05) is 20.2 Å². The fourth-order valence-corrected chi connectivity index (χ4v) is 4.28. The Labute approximate surface area is 189 Å². The molecular weight excluding hydrogens is 402 g/mol. The first kappa shape index (κ1) is 23.3. The van der Waals surface area contributed by atoms with E-state index < -0.39 is 5.92 Å². The molecule has 1 heterocycles.